The van der Waals surface area contributed by atoms with Gasteiger partial charge >= 0.3 is 0 Å². The van der Waals surface area contributed by atoms with Crippen molar-refractivity contribution in [2.45, 2.75) is 19.9 Å². The van der Waals surface area contributed by atoms with Crippen LogP contribution in [0, 0.1) is 22.7 Å². The highest BCUT2D eigenvalue weighted by Crippen LogP contribution is 2.04. The van der Waals surface area contributed by atoms with E-state index in [4.69, 9.17) is 10.5 Å². The van der Waals surface area contributed by atoms with Crippen molar-refractivity contribution in [3.05, 3.63) is 47.7 Å². The number of allylic oxidation sites excluding steroid dienone is 1. The van der Waals surface area contributed by atoms with Crippen LogP contribution in [-0.4, -0.2) is 17.3 Å². The molecule has 4 nitrogen and oxygen atoms in total. The van der Waals surface area contributed by atoms with Gasteiger partial charge in [-0.3, -0.25) is 5.01 Å². The molecule has 18 heavy (non-hydrogen) atoms. The molecule has 90 valence electrons. The molecule has 1 aromatic carbocycles. The predicted octanol–water partition coefficient (Wildman–Crippen LogP) is 2.66. The second kappa shape index (κ2) is 6.88. The summed E-state index contributed by atoms with van der Waals surface area (Å²) in [6.07, 6.45) is 3.15. The smallest absolute Gasteiger partial charge is 0.147 e. The van der Waals surface area contributed by atoms with Gasteiger partial charge in [-0.05, 0) is 19.4 Å². The molecule has 0 N–H and O–H groups in total. The van der Waals surface area contributed by atoms with Gasteiger partial charge < -0.3 is 0 Å². The Hall–Kier alpha value is -2.59. The highest BCUT2D eigenvalue weighted by molar-refractivity contribution is 5.79. The van der Waals surface area contributed by atoms with Crippen LogP contribution in [0.2, 0.25) is 0 Å². The quantitative estimate of drug-likeness (QED) is 0.460. The second-order valence-electron chi connectivity index (χ2n) is 3.90. The zero-order valence-corrected chi connectivity index (χ0v) is 10.4. The number of nitriles is 2. The van der Waals surface area contributed by atoms with Crippen molar-refractivity contribution < 1.29 is 0 Å². The van der Waals surface area contributed by atoms with Crippen LogP contribution in [0.3, 0.4) is 0 Å². The molecule has 0 amide bonds. The van der Waals surface area contributed by atoms with Crippen LogP contribution in [0.5, 0.6) is 0 Å². The lowest BCUT2D eigenvalue weighted by Gasteiger charge is -2.18. The van der Waals surface area contributed by atoms with Crippen LogP contribution in [0.4, 0.5) is 0 Å². The molecule has 0 aliphatic heterocycles. The summed E-state index contributed by atoms with van der Waals surface area (Å²) in [6.45, 7) is 3.87. The van der Waals surface area contributed by atoms with E-state index in [1.807, 2.05) is 56.3 Å². The maximum Gasteiger partial charge on any atom is 0.147 e. The van der Waals surface area contributed by atoms with Crippen molar-refractivity contribution in [2.24, 2.45) is 5.10 Å². The van der Waals surface area contributed by atoms with Crippen LogP contribution in [0.25, 0.3) is 0 Å². The van der Waals surface area contributed by atoms with Gasteiger partial charge in [0.25, 0.3) is 0 Å². The van der Waals surface area contributed by atoms with Crippen molar-refractivity contribution in [3.63, 3.8) is 0 Å². The molecule has 1 aromatic rings. The van der Waals surface area contributed by atoms with Crippen LogP contribution in [0.1, 0.15) is 19.4 Å². The lowest BCUT2D eigenvalue weighted by molar-refractivity contribution is 0.328. The van der Waals surface area contributed by atoms with E-state index in [1.165, 1.54) is 6.20 Å². The maximum absolute atomic E-state index is 8.72. The van der Waals surface area contributed by atoms with Crippen LogP contribution in [-0.2, 0) is 0 Å². The van der Waals surface area contributed by atoms with Gasteiger partial charge in [-0.25, -0.2) is 0 Å². The van der Waals surface area contributed by atoms with Crippen LogP contribution in [0.15, 0.2) is 47.2 Å². The van der Waals surface area contributed by atoms with E-state index in [2.05, 4.69) is 5.10 Å². The second-order valence-corrected chi connectivity index (χ2v) is 3.90. The van der Waals surface area contributed by atoms with Crippen molar-refractivity contribution in [1.82, 2.24) is 5.01 Å². The average Bonchev–Trinajstić information content (AvgIpc) is 2.40. The molecule has 0 heterocycles. The van der Waals surface area contributed by atoms with Crippen molar-refractivity contribution in [2.75, 3.05) is 0 Å². The van der Waals surface area contributed by atoms with E-state index >= 15 is 0 Å². The fourth-order valence-corrected chi connectivity index (χ4v) is 1.20. The van der Waals surface area contributed by atoms with Gasteiger partial charge in [0.2, 0.25) is 0 Å². The maximum atomic E-state index is 8.72. The monoisotopic (exact) mass is 238 g/mol. The molecule has 0 saturated carbocycles. The summed E-state index contributed by atoms with van der Waals surface area (Å²) in [6, 6.07) is 13.4. The summed E-state index contributed by atoms with van der Waals surface area (Å²) in [5, 5.41) is 23.3. The average molecular weight is 238 g/mol. The van der Waals surface area contributed by atoms with Gasteiger partial charge in [0.1, 0.15) is 17.7 Å². The Bertz CT molecular complexity index is 499. The third-order valence-electron chi connectivity index (χ3n) is 2.17. The third-order valence-corrected chi connectivity index (χ3v) is 2.17. The van der Waals surface area contributed by atoms with Crippen molar-refractivity contribution >= 4 is 6.21 Å². The van der Waals surface area contributed by atoms with Crippen molar-refractivity contribution in [3.8, 4) is 12.1 Å². The molecule has 4 heteroatoms. The molecule has 0 aliphatic carbocycles. The third kappa shape index (κ3) is 4.11. The first-order chi connectivity index (χ1) is 8.67. The Kier molecular flexibility index (Phi) is 5.15. The summed E-state index contributed by atoms with van der Waals surface area (Å²) in [5.41, 5.74) is 1.00. The molecular formula is C14H14N4. The van der Waals surface area contributed by atoms with Crippen molar-refractivity contribution in [1.29, 1.82) is 10.5 Å². The summed E-state index contributed by atoms with van der Waals surface area (Å²) in [5.74, 6) is 0. The first kappa shape index (κ1) is 13.5. The molecule has 0 bridgehead atoms. The van der Waals surface area contributed by atoms with Crippen LogP contribution < -0.4 is 0 Å². The molecule has 0 aromatic heterocycles. The van der Waals surface area contributed by atoms with Gasteiger partial charge in [0, 0.05) is 6.04 Å². The number of hydrogen-bond donors (Lipinski definition) is 0. The zero-order valence-electron chi connectivity index (χ0n) is 10.4. The molecular weight excluding hydrogens is 224 g/mol. The van der Waals surface area contributed by atoms with E-state index in [-0.39, 0.29) is 11.6 Å². The molecule has 0 radical (unpaired) electrons. The molecule has 0 spiro atoms. The Morgan fingerprint density at radius 1 is 1.22 bits per heavy atom. The predicted molar refractivity (Wildman–Crippen MR) is 70.3 cm³/mol. The Morgan fingerprint density at radius 2 is 1.83 bits per heavy atom. The zero-order chi connectivity index (χ0) is 13.4. The fraction of sp³-hybridized carbons (Fsp3) is 0.214. The fourth-order valence-electron chi connectivity index (χ4n) is 1.20. The number of rotatable bonds is 4. The first-order valence-corrected chi connectivity index (χ1v) is 5.56. The highest BCUT2D eigenvalue weighted by Gasteiger charge is 2.04. The molecule has 0 atom stereocenters. The minimum Gasteiger partial charge on any atom is -0.268 e. The van der Waals surface area contributed by atoms with E-state index in [1.54, 1.807) is 11.2 Å². The number of hydrazone groups is 1. The minimum atomic E-state index is 0.0360. The van der Waals surface area contributed by atoms with Gasteiger partial charge in [0.15, 0.2) is 0 Å². The highest BCUT2D eigenvalue weighted by atomic mass is 15.4. The molecule has 0 unspecified atom stereocenters. The number of benzene rings is 1. The summed E-state index contributed by atoms with van der Waals surface area (Å²) in [4.78, 5) is 0. The summed E-state index contributed by atoms with van der Waals surface area (Å²) < 4.78 is 0. The first-order valence-electron chi connectivity index (χ1n) is 5.56. The standard InChI is InChI=1S/C14H14N4/c1-12(2)18(11-14(8-15)9-16)17-10-13-6-4-3-5-7-13/h3-7,10-12H,1-2H3. The van der Waals surface area contributed by atoms with E-state index in [0.29, 0.717) is 0 Å². The largest absolute Gasteiger partial charge is 0.268 e. The van der Waals surface area contributed by atoms with E-state index in [0.717, 1.165) is 5.56 Å². The Labute approximate surface area is 107 Å². The lowest BCUT2D eigenvalue weighted by atomic mass is 10.2. The topological polar surface area (TPSA) is 63.2 Å². The molecule has 1 rings (SSSR count). The van der Waals surface area contributed by atoms with Crippen LogP contribution >= 0.6 is 0 Å². The van der Waals surface area contributed by atoms with Gasteiger partial charge in [0.05, 0.1) is 12.4 Å². The minimum absolute atomic E-state index is 0.0360. The van der Waals surface area contributed by atoms with Gasteiger partial charge in [-0.1, -0.05) is 30.3 Å². The summed E-state index contributed by atoms with van der Waals surface area (Å²) in [7, 11) is 0. The Balaban J connectivity index is 2.90. The van der Waals surface area contributed by atoms with E-state index < -0.39 is 0 Å². The number of hydrogen-bond acceptors (Lipinski definition) is 4. The SMILES string of the molecule is CC(C)N(C=C(C#N)C#N)N=Cc1ccccc1. The Morgan fingerprint density at radius 3 is 2.33 bits per heavy atom. The number of nitrogens with zero attached hydrogens (tertiary/aromatic N) is 4. The van der Waals surface area contributed by atoms with E-state index in [9.17, 15) is 0 Å². The van der Waals surface area contributed by atoms with Gasteiger partial charge in [-0.15, -0.1) is 0 Å². The lowest BCUT2D eigenvalue weighted by Crippen LogP contribution is -2.20. The normalized spacial score (nSPS) is 9.83. The molecule has 0 aliphatic rings. The molecule has 0 saturated heterocycles. The molecule has 0 fully saturated rings. The van der Waals surface area contributed by atoms with Gasteiger partial charge in [-0.2, -0.15) is 15.6 Å². The summed E-state index contributed by atoms with van der Waals surface area (Å²) >= 11 is 0.